The summed E-state index contributed by atoms with van der Waals surface area (Å²) >= 11 is 0. The van der Waals surface area contributed by atoms with E-state index < -0.39 is 17.7 Å². The van der Waals surface area contributed by atoms with Crippen molar-refractivity contribution in [2.75, 3.05) is 0 Å². The average molecular weight is 426 g/mol. The Balaban J connectivity index is 1.48. The van der Waals surface area contributed by atoms with Gasteiger partial charge in [-0.05, 0) is 47.5 Å². The number of rotatable bonds is 2. The van der Waals surface area contributed by atoms with Gasteiger partial charge < -0.3 is 9.84 Å². The van der Waals surface area contributed by atoms with Gasteiger partial charge in [-0.2, -0.15) is 5.26 Å². The molecule has 0 fully saturated rings. The summed E-state index contributed by atoms with van der Waals surface area (Å²) in [5.41, 5.74) is 4.16. The van der Waals surface area contributed by atoms with Crippen LogP contribution >= 0.6 is 0 Å². The molecule has 0 aliphatic carbocycles. The highest BCUT2D eigenvalue weighted by Gasteiger charge is 2.24. The van der Waals surface area contributed by atoms with Crippen LogP contribution in [0, 0.1) is 23.0 Å². The Morgan fingerprint density at radius 2 is 1.84 bits per heavy atom. The normalized spacial score (nSPS) is 15.0. The van der Waals surface area contributed by atoms with Crippen molar-refractivity contribution >= 4 is 23.1 Å². The summed E-state index contributed by atoms with van der Waals surface area (Å²) in [6.45, 7) is 0.205. The molecule has 6 heteroatoms. The van der Waals surface area contributed by atoms with Gasteiger partial charge in [0.1, 0.15) is 18.5 Å². The monoisotopic (exact) mass is 426 g/mol. The number of benzene rings is 3. The largest absolute Gasteiger partial charge is 0.488 e. The molecule has 5 rings (SSSR count). The Labute approximate surface area is 182 Å². The van der Waals surface area contributed by atoms with Crippen molar-refractivity contribution in [2.24, 2.45) is 0 Å². The van der Waals surface area contributed by atoms with Crippen molar-refractivity contribution in [3.63, 3.8) is 0 Å². The smallest absolute Gasteiger partial charge is 0.161 e. The number of hydrogen-bond donors (Lipinski definition) is 1. The van der Waals surface area contributed by atoms with E-state index in [2.05, 4.69) is 11.1 Å². The lowest BCUT2D eigenvalue weighted by Crippen LogP contribution is -2.03. The van der Waals surface area contributed by atoms with Crippen LogP contribution in [-0.4, -0.2) is 10.1 Å². The van der Waals surface area contributed by atoms with Gasteiger partial charge in [0.15, 0.2) is 11.6 Å². The van der Waals surface area contributed by atoms with E-state index >= 15 is 0 Å². The third kappa shape index (κ3) is 3.49. The average Bonchev–Trinajstić information content (AvgIpc) is 2.95. The first-order valence-electron chi connectivity index (χ1n) is 9.94. The lowest BCUT2D eigenvalue weighted by atomic mass is 9.94. The third-order valence-corrected chi connectivity index (χ3v) is 5.53. The zero-order chi connectivity index (χ0) is 22.2. The number of pyridine rings is 1. The Hall–Kier alpha value is -4.08. The van der Waals surface area contributed by atoms with Crippen LogP contribution in [0.2, 0.25) is 0 Å². The molecular formula is C26H16F2N2O2. The van der Waals surface area contributed by atoms with E-state index in [1.54, 1.807) is 42.5 Å². The highest BCUT2D eigenvalue weighted by Crippen LogP contribution is 2.37. The van der Waals surface area contributed by atoms with Gasteiger partial charge in [0, 0.05) is 22.6 Å². The number of aliphatic hydroxyl groups excluding tert-OH is 1. The van der Waals surface area contributed by atoms with E-state index in [4.69, 9.17) is 4.74 Å². The summed E-state index contributed by atoms with van der Waals surface area (Å²) < 4.78 is 32.8. The Kier molecular flexibility index (Phi) is 4.89. The van der Waals surface area contributed by atoms with Crippen LogP contribution in [0.15, 0.2) is 60.7 Å². The van der Waals surface area contributed by atoms with Crippen molar-refractivity contribution in [3.8, 4) is 11.8 Å². The zero-order valence-electron chi connectivity index (χ0n) is 16.7. The molecule has 1 aromatic heterocycles. The van der Waals surface area contributed by atoms with Crippen molar-refractivity contribution in [1.82, 2.24) is 4.98 Å². The van der Waals surface area contributed by atoms with Crippen LogP contribution in [0.3, 0.4) is 0 Å². The molecule has 1 unspecified atom stereocenters. The fourth-order valence-corrected chi connectivity index (χ4v) is 3.87. The van der Waals surface area contributed by atoms with Crippen molar-refractivity contribution < 1.29 is 18.6 Å². The van der Waals surface area contributed by atoms with E-state index in [1.807, 2.05) is 18.2 Å². The van der Waals surface area contributed by atoms with Gasteiger partial charge in [-0.3, -0.25) is 0 Å². The predicted molar refractivity (Wildman–Crippen MR) is 117 cm³/mol. The van der Waals surface area contributed by atoms with Crippen LogP contribution < -0.4 is 4.74 Å². The molecule has 32 heavy (non-hydrogen) atoms. The van der Waals surface area contributed by atoms with Crippen LogP contribution in [-0.2, 0) is 6.61 Å². The minimum atomic E-state index is -0.939. The molecule has 0 saturated heterocycles. The number of nitriles is 1. The zero-order valence-corrected chi connectivity index (χ0v) is 16.7. The first-order valence-corrected chi connectivity index (χ1v) is 9.94. The summed E-state index contributed by atoms with van der Waals surface area (Å²) in [7, 11) is 0. The fraction of sp³-hybridized carbons (Fsp3) is 0.0769. The number of nitrogens with zero attached hydrogens (tertiary/aromatic N) is 2. The van der Waals surface area contributed by atoms with Crippen LogP contribution in [0.5, 0.6) is 5.75 Å². The first-order chi connectivity index (χ1) is 15.5. The predicted octanol–water partition coefficient (Wildman–Crippen LogP) is 5.53. The maximum absolute atomic E-state index is 13.5. The van der Waals surface area contributed by atoms with Crippen molar-refractivity contribution in [3.05, 3.63) is 106 Å². The van der Waals surface area contributed by atoms with Crippen molar-refractivity contribution in [1.29, 1.82) is 5.26 Å². The number of halogens is 2. The number of aliphatic hydroxyl groups is 1. The minimum Gasteiger partial charge on any atom is -0.488 e. The van der Waals surface area contributed by atoms with E-state index in [-0.39, 0.29) is 6.61 Å². The van der Waals surface area contributed by atoms with E-state index in [9.17, 15) is 19.1 Å². The highest BCUT2D eigenvalue weighted by atomic mass is 19.2. The van der Waals surface area contributed by atoms with Crippen molar-refractivity contribution in [2.45, 2.75) is 12.7 Å². The number of ether oxygens (including phenoxy) is 1. The lowest BCUT2D eigenvalue weighted by molar-refractivity contribution is 0.218. The van der Waals surface area contributed by atoms with E-state index in [0.29, 0.717) is 44.6 Å². The Bertz CT molecular complexity index is 1440. The fourth-order valence-electron chi connectivity index (χ4n) is 3.87. The summed E-state index contributed by atoms with van der Waals surface area (Å²) in [6.07, 6.45) is 2.65. The Morgan fingerprint density at radius 3 is 2.69 bits per heavy atom. The number of aromatic nitrogens is 1. The summed E-state index contributed by atoms with van der Waals surface area (Å²) in [5, 5.41) is 20.9. The molecule has 156 valence electrons. The maximum Gasteiger partial charge on any atom is 0.161 e. The quantitative estimate of drug-likeness (QED) is 0.458. The summed E-state index contributed by atoms with van der Waals surface area (Å²) in [4.78, 5) is 4.36. The van der Waals surface area contributed by atoms with Gasteiger partial charge in [-0.25, -0.2) is 13.8 Å². The second kappa shape index (κ2) is 7.88. The third-order valence-electron chi connectivity index (χ3n) is 5.53. The molecule has 1 atom stereocenters. The molecule has 1 N–H and O–H groups in total. The minimum absolute atomic E-state index is 0.205. The molecule has 0 bridgehead atoms. The van der Waals surface area contributed by atoms with E-state index in [0.717, 1.165) is 17.7 Å². The van der Waals surface area contributed by atoms with Gasteiger partial charge >= 0.3 is 0 Å². The second-order valence-electron chi connectivity index (χ2n) is 7.50. The lowest BCUT2D eigenvalue weighted by Gasteiger charge is -2.14. The Morgan fingerprint density at radius 1 is 1.00 bits per heavy atom. The molecule has 4 nitrogen and oxygen atoms in total. The van der Waals surface area contributed by atoms with Gasteiger partial charge in [-0.1, -0.05) is 30.3 Å². The van der Waals surface area contributed by atoms with Crippen LogP contribution in [0.4, 0.5) is 8.78 Å². The van der Waals surface area contributed by atoms with Gasteiger partial charge in [-0.15, -0.1) is 0 Å². The first kappa shape index (κ1) is 19.9. The molecule has 4 aromatic rings. The summed E-state index contributed by atoms with van der Waals surface area (Å²) in [6, 6.07) is 18.4. The number of fused-ring (bicyclic) bond motifs is 3. The molecular weight excluding hydrogens is 410 g/mol. The second-order valence-corrected chi connectivity index (χ2v) is 7.50. The molecule has 0 spiro atoms. The molecule has 1 aliphatic heterocycles. The molecule has 3 aromatic carbocycles. The molecule has 0 radical (unpaired) electrons. The van der Waals surface area contributed by atoms with E-state index in [1.165, 1.54) is 0 Å². The van der Waals surface area contributed by atoms with Crippen LogP contribution in [0.1, 0.15) is 39.6 Å². The molecule has 2 heterocycles. The maximum atomic E-state index is 13.5. The number of hydrogen-bond acceptors (Lipinski definition) is 4. The standard InChI is InChI=1S/C26H16F2N2O2/c27-22-11-16-6-8-18(30-24(16)12-23(22)28)7-4-15-5-9-25-20(10-15)26(31)19-3-1-2-17(13-29)21(19)14-32-25/h1-12,26,31H,14H2/b7-4+. The topological polar surface area (TPSA) is 66.1 Å². The molecule has 0 saturated carbocycles. The van der Waals surface area contributed by atoms with Gasteiger partial charge in [0.05, 0.1) is 22.8 Å². The highest BCUT2D eigenvalue weighted by molar-refractivity contribution is 5.81. The van der Waals surface area contributed by atoms with Crippen LogP contribution in [0.25, 0.3) is 23.1 Å². The molecule has 0 amide bonds. The van der Waals surface area contributed by atoms with Gasteiger partial charge in [0.2, 0.25) is 0 Å². The summed E-state index contributed by atoms with van der Waals surface area (Å²) in [5.74, 6) is -1.29. The molecule has 1 aliphatic rings. The van der Waals surface area contributed by atoms with Gasteiger partial charge in [0.25, 0.3) is 0 Å². The SMILES string of the molecule is N#Cc1cccc2c1COc1ccc(/C=C/c3ccc4cc(F)c(F)cc4n3)cc1C2O.